The zero-order chi connectivity index (χ0) is 32.4. The SMILES string of the molecule is C=C(C)C(=O)OCCNC(=O)OCC(F)(OC(F)(F)C(F)(OC(F)(F)C(F)(F)C(F)(F)F)C(F)(F)F)C(F)(F)F. The van der Waals surface area contributed by atoms with Crippen LogP contribution < -0.4 is 5.32 Å². The molecule has 1 amide bonds. The molecular weight excluding hydrogens is 625 g/mol. The highest BCUT2D eigenvalue weighted by atomic mass is 19.4. The normalized spacial score (nSPS) is 16.9. The third-order valence-corrected chi connectivity index (χ3v) is 3.78. The number of alkyl halides is 17. The smallest absolute Gasteiger partial charge is 0.460 e. The van der Waals surface area contributed by atoms with E-state index < -0.39 is 80.2 Å². The molecule has 0 aromatic carbocycles. The lowest BCUT2D eigenvalue weighted by molar-refractivity contribution is -0.552. The van der Waals surface area contributed by atoms with Gasteiger partial charge in [0.25, 0.3) is 0 Å². The van der Waals surface area contributed by atoms with Gasteiger partial charge in [0.15, 0.2) is 6.61 Å². The molecule has 0 radical (unpaired) electrons. The minimum Gasteiger partial charge on any atom is -0.460 e. The minimum absolute atomic E-state index is 0.195. The molecule has 0 saturated carbocycles. The molecule has 0 bridgehead atoms. The molecule has 0 spiro atoms. The van der Waals surface area contributed by atoms with Crippen LogP contribution in [0.2, 0.25) is 0 Å². The molecule has 0 aliphatic carbocycles. The predicted octanol–water partition coefficient (Wildman–Crippen LogP) is 5.70. The first-order valence-electron chi connectivity index (χ1n) is 9.23. The van der Waals surface area contributed by atoms with Crippen molar-refractivity contribution in [1.29, 1.82) is 0 Å². The number of carbonyl (C=O) groups is 2. The molecule has 7 nitrogen and oxygen atoms in total. The molecule has 236 valence electrons. The van der Waals surface area contributed by atoms with Crippen LogP contribution in [0.4, 0.5) is 79.4 Å². The first kappa shape index (κ1) is 37.2. The summed E-state index contributed by atoms with van der Waals surface area (Å²) in [5, 5.41) is 1.37. The van der Waals surface area contributed by atoms with Gasteiger partial charge in [-0.25, -0.2) is 9.59 Å². The second-order valence-electron chi connectivity index (χ2n) is 7.05. The molecule has 0 heterocycles. The van der Waals surface area contributed by atoms with Gasteiger partial charge < -0.3 is 14.8 Å². The Morgan fingerprint density at radius 3 is 1.52 bits per heavy atom. The lowest BCUT2D eigenvalue weighted by atomic mass is 10.2. The van der Waals surface area contributed by atoms with E-state index in [-0.39, 0.29) is 5.57 Å². The zero-order valence-electron chi connectivity index (χ0n) is 18.7. The van der Waals surface area contributed by atoms with Crippen LogP contribution in [0.1, 0.15) is 6.92 Å². The lowest BCUT2D eigenvalue weighted by Gasteiger charge is -2.40. The lowest BCUT2D eigenvalue weighted by Crippen LogP contribution is -2.67. The van der Waals surface area contributed by atoms with Crippen LogP contribution in [0.3, 0.4) is 0 Å². The standard InChI is InChI=1S/C16H12F17NO6/c1-6(2)7(35)37-4-3-34-8(36)38-5-9(17,12(21,22)23)39-16(32,33)11(20,14(27,28)29)40-15(30,31)10(18,19)13(24,25)26/h1,3-5H2,2H3,(H,34,36). The molecule has 1 N–H and O–H groups in total. The highest BCUT2D eigenvalue weighted by molar-refractivity contribution is 5.86. The zero-order valence-corrected chi connectivity index (χ0v) is 18.7. The molecule has 0 aliphatic rings. The fraction of sp³-hybridized carbons (Fsp3) is 0.750. The number of nitrogens with one attached hydrogen (secondary N) is 1. The molecule has 0 rings (SSSR count). The molecule has 2 unspecified atom stereocenters. The number of alkyl carbamates (subject to hydrolysis) is 1. The van der Waals surface area contributed by atoms with Gasteiger partial charge in [0.2, 0.25) is 0 Å². The molecular formula is C16H12F17NO6. The van der Waals surface area contributed by atoms with E-state index in [0.717, 1.165) is 6.92 Å². The quantitative estimate of drug-likeness (QED) is 0.128. The van der Waals surface area contributed by atoms with Crippen LogP contribution in [0.25, 0.3) is 0 Å². The highest BCUT2D eigenvalue weighted by Gasteiger charge is 2.85. The third-order valence-electron chi connectivity index (χ3n) is 3.78. The van der Waals surface area contributed by atoms with Gasteiger partial charge in [-0.2, -0.15) is 74.6 Å². The maximum absolute atomic E-state index is 14.2. The summed E-state index contributed by atoms with van der Waals surface area (Å²) in [5.74, 6) is -23.5. The van der Waals surface area contributed by atoms with Crippen molar-refractivity contribution >= 4 is 12.1 Å². The number of rotatable bonds is 12. The van der Waals surface area contributed by atoms with Crippen LogP contribution >= 0.6 is 0 Å². The molecule has 24 heteroatoms. The van der Waals surface area contributed by atoms with Crippen LogP contribution in [-0.2, 0) is 23.7 Å². The summed E-state index contributed by atoms with van der Waals surface area (Å²) in [7, 11) is 0. The fourth-order valence-corrected chi connectivity index (χ4v) is 1.76. The molecule has 0 fully saturated rings. The van der Waals surface area contributed by atoms with E-state index in [1.54, 1.807) is 0 Å². The van der Waals surface area contributed by atoms with Gasteiger partial charge in [-0.05, 0) is 6.92 Å². The fourth-order valence-electron chi connectivity index (χ4n) is 1.76. The topological polar surface area (TPSA) is 83.1 Å². The van der Waals surface area contributed by atoms with Crippen molar-refractivity contribution < 1.29 is 103 Å². The van der Waals surface area contributed by atoms with E-state index >= 15 is 0 Å². The van der Waals surface area contributed by atoms with E-state index in [1.165, 1.54) is 10.1 Å². The van der Waals surface area contributed by atoms with Gasteiger partial charge in [0.05, 0.1) is 6.54 Å². The summed E-state index contributed by atoms with van der Waals surface area (Å²) in [5.41, 5.74) is -0.195. The maximum Gasteiger partial charge on any atom is 0.462 e. The summed E-state index contributed by atoms with van der Waals surface area (Å²) >= 11 is 0. The van der Waals surface area contributed by atoms with Crippen LogP contribution in [0.15, 0.2) is 12.2 Å². The van der Waals surface area contributed by atoms with Gasteiger partial charge in [0, 0.05) is 5.57 Å². The van der Waals surface area contributed by atoms with Gasteiger partial charge in [-0.1, -0.05) is 6.58 Å². The van der Waals surface area contributed by atoms with Gasteiger partial charge in [0.1, 0.15) is 6.61 Å². The van der Waals surface area contributed by atoms with Crippen molar-refractivity contribution in [3.05, 3.63) is 12.2 Å². The van der Waals surface area contributed by atoms with E-state index in [0.29, 0.717) is 0 Å². The van der Waals surface area contributed by atoms with Crippen LogP contribution in [0, 0.1) is 0 Å². The first-order valence-corrected chi connectivity index (χ1v) is 9.23. The van der Waals surface area contributed by atoms with Crippen molar-refractivity contribution in [3.63, 3.8) is 0 Å². The number of ether oxygens (including phenoxy) is 4. The van der Waals surface area contributed by atoms with E-state index in [4.69, 9.17) is 0 Å². The summed E-state index contributed by atoms with van der Waals surface area (Å²) in [6.45, 7) is -0.725. The average Bonchev–Trinajstić information content (AvgIpc) is 2.71. The number of esters is 1. The van der Waals surface area contributed by atoms with E-state index in [2.05, 4.69) is 16.1 Å². The van der Waals surface area contributed by atoms with Gasteiger partial charge in [-0.3, -0.25) is 9.47 Å². The Morgan fingerprint density at radius 1 is 0.675 bits per heavy atom. The summed E-state index contributed by atoms with van der Waals surface area (Å²) in [6.07, 6.45) is -40.7. The molecule has 0 aromatic rings. The van der Waals surface area contributed by atoms with Crippen LogP contribution in [-0.4, -0.2) is 80.2 Å². The Balaban J connectivity index is 6.08. The summed E-state index contributed by atoms with van der Waals surface area (Å²) in [6, 6.07) is 0. The van der Waals surface area contributed by atoms with Crippen molar-refractivity contribution in [3.8, 4) is 0 Å². The second-order valence-corrected chi connectivity index (χ2v) is 7.05. The largest absolute Gasteiger partial charge is 0.462 e. The maximum atomic E-state index is 14.2. The number of halogens is 17. The molecule has 0 aliphatic heterocycles. The number of amides is 1. The van der Waals surface area contributed by atoms with Crippen molar-refractivity contribution in [2.45, 2.75) is 55.3 Å². The van der Waals surface area contributed by atoms with Gasteiger partial charge >= 0.3 is 60.4 Å². The Morgan fingerprint density at radius 2 is 1.15 bits per heavy atom. The average molecular weight is 637 g/mol. The van der Waals surface area contributed by atoms with Crippen molar-refractivity contribution in [2.24, 2.45) is 0 Å². The second kappa shape index (κ2) is 11.6. The number of hydrogen-bond donors (Lipinski definition) is 1. The Kier molecular flexibility index (Phi) is 10.8. The summed E-state index contributed by atoms with van der Waals surface area (Å²) in [4.78, 5) is 22.3. The van der Waals surface area contributed by atoms with E-state index in [9.17, 15) is 84.2 Å². The molecule has 0 saturated heterocycles. The highest BCUT2D eigenvalue weighted by Crippen LogP contribution is 2.56. The number of carbonyl (C=O) groups excluding carboxylic acids is 2. The summed E-state index contributed by atoms with van der Waals surface area (Å²) < 4.78 is 232. The Hall–Kier alpha value is -2.79. The molecule has 2 atom stereocenters. The monoisotopic (exact) mass is 637 g/mol. The van der Waals surface area contributed by atoms with Crippen molar-refractivity contribution in [2.75, 3.05) is 19.8 Å². The Bertz CT molecular complexity index is 930. The predicted molar refractivity (Wildman–Crippen MR) is 88.0 cm³/mol. The minimum atomic E-state index is -8.05. The third kappa shape index (κ3) is 8.13. The van der Waals surface area contributed by atoms with Crippen molar-refractivity contribution in [1.82, 2.24) is 5.32 Å². The van der Waals surface area contributed by atoms with E-state index in [1.807, 2.05) is 4.74 Å². The van der Waals surface area contributed by atoms with Crippen LogP contribution in [0.5, 0.6) is 0 Å². The first-order chi connectivity index (χ1) is 17.4. The van der Waals surface area contributed by atoms with Gasteiger partial charge in [-0.15, -0.1) is 0 Å². The molecule has 0 aromatic heterocycles. The molecule has 40 heavy (non-hydrogen) atoms. The Labute approximate surface area is 209 Å². The number of hydrogen-bond acceptors (Lipinski definition) is 6.